The summed E-state index contributed by atoms with van der Waals surface area (Å²) in [5.41, 5.74) is 3.33. The van der Waals surface area contributed by atoms with Crippen LogP contribution < -0.4 is 10.1 Å². The molecule has 0 heterocycles. The molecule has 0 aromatic heterocycles. The Bertz CT molecular complexity index is 472. The number of hydrogen-bond donors (Lipinski definition) is 1. The first kappa shape index (κ1) is 16.0. The van der Waals surface area contributed by atoms with E-state index in [1.165, 1.54) is 0 Å². The first-order chi connectivity index (χ1) is 8.86. The molecule has 1 N–H and O–H groups in total. The maximum Gasteiger partial charge on any atom is 0.258 e. The molecule has 0 aliphatic rings. The summed E-state index contributed by atoms with van der Waals surface area (Å²) in [4.78, 5) is 11.7. The van der Waals surface area contributed by atoms with Gasteiger partial charge in [-0.15, -0.1) is 0 Å². The monoisotopic (exact) mass is 327 g/mol. The molecule has 19 heavy (non-hydrogen) atoms. The largest absolute Gasteiger partial charge is 0.483 e. The summed E-state index contributed by atoms with van der Waals surface area (Å²) in [6.45, 7) is 10.1. The van der Waals surface area contributed by atoms with Gasteiger partial charge in [0.25, 0.3) is 5.91 Å². The summed E-state index contributed by atoms with van der Waals surface area (Å²) in [6.07, 6.45) is 0.918. The van der Waals surface area contributed by atoms with E-state index < -0.39 is 0 Å². The number of carbonyl (C=O) groups excluding carboxylic acids is 1. The smallest absolute Gasteiger partial charge is 0.258 e. The molecular weight excluding hydrogens is 306 g/mol. The van der Waals surface area contributed by atoms with E-state index in [4.69, 9.17) is 4.74 Å². The van der Waals surface area contributed by atoms with Crippen LogP contribution in [0.3, 0.4) is 0 Å². The van der Waals surface area contributed by atoms with Crippen LogP contribution in [0.5, 0.6) is 5.75 Å². The SMILES string of the molecule is CC[C@@H](C)NC(=O)COc1cc(C)c(Br)c(C)c1C. The summed E-state index contributed by atoms with van der Waals surface area (Å²) < 4.78 is 6.73. The zero-order valence-electron chi connectivity index (χ0n) is 12.3. The number of ether oxygens (including phenoxy) is 1. The lowest BCUT2D eigenvalue weighted by Gasteiger charge is -2.15. The summed E-state index contributed by atoms with van der Waals surface area (Å²) >= 11 is 3.55. The number of aryl methyl sites for hydroxylation is 1. The number of rotatable bonds is 5. The summed E-state index contributed by atoms with van der Waals surface area (Å²) in [6, 6.07) is 2.15. The van der Waals surface area contributed by atoms with Gasteiger partial charge in [-0.2, -0.15) is 0 Å². The van der Waals surface area contributed by atoms with Crippen LogP contribution in [-0.2, 0) is 4.79 Å². The van der Waals surface area contributed by atoms with Crippen LogP contribution in [0.15, 0.2) is 10.5 Å². The fraction of sp³-hybridized carbons (Fsp3) is 0.533. The van der Waals surface area contributed by atoms with Crippen LogP contribution in [0.2, 0.25) is 0 Å². The topological polar surface area (TPSA) is 38.3 Å². The Morgan fingerprint density at radius 2 is 2.00 bits per heavy atom. The minimum Gasteiger partial charge on any atom is -0.483 e. The fourth-order valence-corrected chi connectivity index (χ4v) is 2.14. The highest BCUT2D eigenvalue weighted by molar-refractivity contribution is 9.10. The van der Waals surface area contributed by atoms with E-state index in [1.54, 1.807) is 0 Å². The molecule has 1 amide bonds. The molecule has 4 heteroatoms. The highest BCUT2D eigenvalue weighted by Gasteiger charge is 2.11. The Hall–Kier alpha value is -1.03. The van der Waals surface area contributed by atoms with Crippen molar-refractivity contribution in [3.63, 3.8) is 0 Å². The molecule has 106 valence electrons. The zero-order valence-corrected chi connectivity index (χ0v) is 13.8. The molecule has 3 nitrogen and oxygen atoms in total. The van der Waals surface area contributed by atoms with Crippen LogP contribution in [0, 0.1) is 20.8 Å². The molecule has 0 unspecified atom stereocenters. The van der Waals surface area contributed by atoms with E-state index in [2.05, 4.69) is 21.2 Å². The number of carbonyl (C=O) groups is 1. The van der Waals surface area contributed by atoms with Crippen molar-refractivity contribution < 1.29 is 9.53 Å². The van der Waals surface area contributed by atoms with Gasteiger partial charge in [-0.1, -0.05) is 22.9 Å². The Balaban J connectivity index is 2.71. The van der Waals surface area contributed by atoms with Gasteiger partial charge in [-0.3, -0.25) is 4.79 Å². The van der Waals surface area contributed by atoms with Gasteiger partial charge in [0.1, 0.15) is 5.75 Å². The molecule has 1 aromatic rings. The Kier molecular flexibility index (Phi) is 5.85. The first-order valence-electron chi connectivity index (χ1n) is 6.55. The van der Waals surface area contributed by atoms with E-state index in [-0.39, 0.29) is 18.6 Å². The third kappa shape index (κ3) is 4.23. The number of halogens is 1. The Morgan fingerprint density at radius 1 is 1.37 bits per heavy atom. The van der Waals surface area contributed by atoms with Crippen LogP contribution in [0.25, 0.3) is 0 Å². The lowest BCUT2D eigenvalue weighted by atomic mass is 10.1. The number of amides is 1. The predicted octanol–water partition coefficient (Wildman–Crippen LogP) is 3.67. The minimum absolute atomic E-state index is 0.0612. The molecule has 0 saturated heterocycles. The lowest BCUT2D eigenvalue weighted by Crippen LogP contribution is -2.35. The molecule has 0 fully saturated rings. The van der Waals surface area contributed by atoms with E-state index in [9.17, 15) is 4.79 Å². The minimum atomic E-state index is -0.0769. The molecule has 1 aromatic carbocycles. The maximum atomic E-state index is 11.7. The van der Waals surface area contributed by atoms with Crippen LogP contribution in [0.1, 0.15) is 37.0 Å². The Morgan fingerprint density at radius 3 is 2.58 bits per heavy atom. The molecule has 0 bridgehead atoms. The van der Waals surface area contributed by atoms with Gasteiger partial charge in [-0.05, 0) is 56.9 Å². The molecule has 0 spiro atoms. The van der Waals surface area contributed by atoms with Crippen molar-refractivity contribution in [3.05, 3.63) is 27.2 Å². The van der Waals surface area contributed by atoms with Gasteiger partial charge < -0.3 is 10.1 Å². The molecule has 1 rings (SSSR count). The van der Waals surface area contributed by atoms with Crippen molar-refractivity contribution in [3.8, 4) is 5.75 Å². The normalized spacial score (nSPS) is 12.1. The van der Waals surface area contributed by atoms with E-state index in [0.717, 1.165) is 33.3 Å². The highest BCUT2D eigenvalue weighted by atomic mass is 79.9. The van der Waals surface area contributed by atoms with Gasteiger partial charge in [-0.25, -0.2) is 0 Å². The van der Waals surface area contributed by atoms with Gasteiger partial charge in [0.05, 0.1) is 0 Å². The fourth-order valence-electron chi connectivity index (χ4n) is 1.73. The average Bonchev–Trinajstić information content (AvgIpc) is 2.38. The summed E-state index contributed by atoms with van der Waals surface area (Å²) in [7, 11) is 0. The van der Waals surface area contributed by atoms with Crippen molar-refractivity contribution in [2.45, 2.75) is 47.1 Å². The first-order valence-corrected chi connectivity index (χ1v) is 7.34. The van der Waals surface area contributed by atoms with Gasteiger partial charge in [0.2, 0.25) is 0 Å². The average molecular weight is 328 g/mol. The standard InChI is InChI=1S/C15H22BrNO2/c1-6-10(3)17-14(18)8-19-13-7-9(2)15(16)12(5)11(13)4/h7,10H,6,8H2,1-5H3,(H,17,18)/t10-/m1/s1. The number of hydrogen-bond acceptors (Lipinski definition) is 2. The van der Waals surface area contributed by atoms with Gasteiger partial charge in [0.15, 0.2) is 6.61 Å². The molecule has 0 radical (unpaired) electrons. The molecule has 1 atom stereocenters. The van der Waals surface area contributed by atoms with E-state index in [0.29, 0.717) is 0 Å². The Labute approximate surface area is 123 Å². The van der Waals surface area contributed by atoms with Crippen LogP contribution >= 0.6 is 15.9 Å². The summed E-state index contributed by atoms with van der Waals surface area (Å²) in [5, 5.41) is 2.89. The third-order valence-corrected chi connectivity index (χ3v) is 4.55. The quantitative estimate of drug-likeness (QED) is 0.896. The van der Waals surface area contributed by atoms with E-state index in [1.807, 2.05) is 40.7 Å². The molecule has 0 aliphatic heterocycles. The zero-order chi connectivity index (χ0) is 14.6. The van der Waals surface area contributed by atoms with Crippen LogP contribution in [0.4, 0.5) is 0 Å². The van der Waals surface area contributed by atoms with Crippen molar-refractivity contribution in [1.29, 1.82) is 0 Å². The molecule has 0 aliphatic carbocycles. The van der Waals surface area contributed by atoms with Crippen molar-refractivity contribution in [2.75, 3.05) is 6.61 Å². The van der Waals surface area contributed by atoms with Crippen LogP contribution in [-0.4, -0.2) is 18.6 Å². The second-order valence-corrected chi connectivity index (χ2v) is 5.71. The second kappa shape index (κ2) is 6.94. The number of nitrogens with one attached hydrogen (secondary N) is 1. The lowest BCUT2D eigenvalue weighted by molar-refractivity contribution is -0.123. The predicted molar refractivity (Wildman–Crippen MR) is 81.7 cm³/mol. The number of benzene rings is 1. The van der Waals surface area contributed by atoms with Crippen molar-refractivity contribution in [1.82, 2.24) is 5.32 Å². The third-order valence-electron chi connectivity index (χ3n) is 3.33. The second-order valence-electron chi connectivity index (χ2n) is 4.92. The molecular formula is C15H22BrNO2. The maximum absolute atomic E-state index is 11.7. The van der Waals surface area contributed by atoms with Gasteiger partial charge >= 0.3 is 0 Å². The van der Waals surface area contributed by atoms with E-state index >= 15 is 0 Å². The van der Waals surface area contributed by atoms with Gasteiger partial charge in [0, 0.05) is 10.5 Å². The summed E-state index contributed by atoms with van der Waals surface area (Å²) in [5.74, 6) is 0.699. The van der Waals surface area contributed by atoms with Crippen molar-refractivity contribution >= 4 is 21.8 Å². The van der Waals surface area contributed by atoms with Crippen molar-refractivity contribution in [2.24, 2.45) is 0 Å². The molecule has 0 saturated carbocycles. The highest BCUT2D eigenvalue weighted by Crippen LogP contribution is 2.31.